The molecule has 6 nitrogen and oxygen atoms in total. The van der Waals surface area contributed by atoms with Gasteiger partial charge in [0.15, 0.2) is 11.5 Å². The fourth-order valence-corrected chi connectivity index (χ4v) is 6.53. The highest BCUT2D eigenvalue weighted by Crippen LogP contribution is 2.60. The molecule has 2 amide bonds. The number of nitrogens with zero attached hydrogens (tertiary/aromatic N) is 1. The number of carbonyl (C=O) groups excluding carboxylic acids is 2. The lowest BCUT2D eigenvalue weighted by molar-refractivity contribution is -0.158. The summed E-state index contributed by atoms with van der Waals surface area (Å²) in [6.45, 7) is 3.68. The molecule has 4 aliphatic carbocycles. The van der Waals surface area contributed by atoms with Crippen molar-refractivity contribution in [1.29, 1.82) is 0 Å². The van der Waals surface area contributed by atoms with Gasteiger partial charge >= 0.3 is 0 Å². The molecule has 1 aliphatic heterocycles. The smallest absolute Gasteiger partial charge is 0.243 e. The van der Waals surface area contributed by atoms with E-state index in [-0.39, 0.29) is 23.8 Å². The van der Waals surface area contributed by atoms with Crippen LogP contribution in [-0.2, 0) is 9.59 Å². The molecule has 1 N–H and O–H groups in total. The van der Waals surface area contributed by atoms with Crippen molar-refractivity contribution in [2.75, 3.05) is 31.6 Å². The SMILES string of the molecule is CCN(CC(=O)Nc1ccc2c(c1)OCCO2)C(=O)C12CC3CC(CC(C3)C1)C2. The fourth-order valence-electron chi connectivity index (χ4n) is 6.53. The van der Waals surface area contributed by atoms with Crippen molar-refractivity contribution in [3.05, 3.63) is 18.2 Å². The summed E-state index contributed by atoms with van der Waals surface area (Å²) in [4.78, 5) is 28.0. The van der Waals surface area contributed by atoms with Crippen LogP contribution in [0, 0.1) is 23.2 Å². The quantitative estimate of drug-likeness (QED) is 0.825. The van der Waals surface area contributed by atoms with E-state index in [1.54, 1.807) is 11.0 Å². The molecule has 1 heterocycles. The summed E-state index contributed by atoms with van der Waals surface area (Å²) < 4.78 is 11.1. The molecule has 0 radical (unpaired) electrons. The summed E-state index contributed by atoms with van der Waals surface area (Å²) in [6, 6.07) is 5.40. The average Bonchev–Trinajstić information content (AvgIpc) is 2.70. The van der Waals surface area contributed by atoms with E-state index in [9.17, 15) is 9.59 Å². The maximum absolute atomic E-state index is 13.5. The van der Waals surface area contributed by atoms with Gasteiger partial charge < -0.3 is 19.7 Å². The Labute approximate surface area is 171 Å². The van der Waals surface area contributed by atoms with Crippen LogP contribution in [0.5, 0.6) is 11.5 Å². The van der Waals surface area contributed by atoms with Crippen molar-refractivity contribution < 1.29 is 19.1 Å². The Morgan fingerprint density at radius 2 is 1.66 bits per heavy atom. The molecular formula is C23H30N2O4. The molecule has 0 aromatic heterocycles. The van der Waals surface area contributed by atoms with Crippen LogP contribution in [-0.4, -0.2) is 43.0 Å². The maximum Gasteiger partial charge on any atom is 0.243 e. The van der Waals surface area contributed by atoms with Crippen LogP contribution >= 0.6 is 0 Å². The van der Waals surface area contributed by atoms with Crippen molar-refractivity contribution in [2.24, 2.45) is 23.2 Å². The van der Waals surface area contributed by atoms with E-state index in [0.717, 1.165) is 37.0 Å². The first kappa shape index (κ1) is 18.8. The highest BCUT2D eigenvalue weighted by molar-refractivity contribution is 5.95. The number of hydrogen-bond donors (Lipinski definition) is 1. The maximum atomic E-state index is 13.5. The molecule has 4 fully saturated rings. The fraction of sp³-hybridized carbons (Fsp3) is 0.652. The van der Waals surface area contributed by atoms with Crippen molar-refractivity contribution >= 4 is 17.5 Å². The summed E-state index contributed by atoms with van der Waals surface area (Å²) in [5.41, 5.74) is 0.458. The predicted molar refractivity (Wildman–Crippen MR) is 109 cm³/mol. The lowest BCUT2D eigenvalue weighted by Gasteiger charge is -2.56. The van der Waals surface area contributed by atoms with Gasteiger partial charge in [-0.1, -0.05) is 0 Å². The van der Waals surface area contributed by atoms with Crippen molar-refractivity contribution in [3.8, 4) is 11.5 Å². The molecule has 1 aromatic carbocycles. The van der Waals surface area contributed by atoms with Crippen molar-refractivity contribution in [2.45, 2.75) is 45.4 Å². The van der Waals surface area contributed by atoms with Crippen LogP contribution in [0.25, 0.3) is 0 Å². The van der Waals surface area contributed by atoms with Crippen LogP contribution in [0.15, 0.2) is 18.2 Å². The number of amides is 2. The van der Waals surface area contributed by atoms with Gasteiger partial charge in [-0.15, -0.1) is 0 Å². The number of carbonyl (C=O) groups is 2. The Bertz CT molecular complexity index is 786. The molecule has 6 rings (SSSR count). The zero-order chi connectivity index (χ0) is 20.0. The first-order valence-electron chi connectivity index (χ1n) is 11.0. The van der Waals surface area contributed by atoms with Crippen molar-refractivity contribution in [1.82, 2.24) is 4.90 Å². The zero-order valence-electron chi connectivity index (χ0n) is 17.1. The van der Waals surface area contributed by atoms with Gasteiger partial charge in [-0.2, -0.15) is 0 Å². The number of likely N-dealkylation sites (N-methyl/N-ethyl adjacent to an activating group) is 1. The number of hydrogen-bond acceptors (Lipinski definition) is 4. The van der Waals surface area contributed by atoms with Gasteiger partial charge in [-0.25, -0.2) is 0 Å². The topological polar surface area (TPSA) is 67.9 Å². The molecular weight excluding hydrogens is 368 g/mol. The van der Waals surface area contributed by atoms with Gasteiger partial charge in [0.1, 0.15) is 13.2 Å². The molecule has 4 bridgehead atoms. The molecule has 6 heteroatoms. The minimum Gasteiger partial charge on any atom is -0.486 e. The normalized spacial score (nSPS) is 31.4. The Hall–Kier alpha value is -2.24. The van der Waals surface area contributed by atoms with Crippen LogP contribution in [0.1, 0.15) is 45.4 Å². The third-order valence-corrected chi connectivity index (χ3v) is 7.32. The summed E-state index contributed by atoms with van der Waals surface area (Å²) in [5.74, 6) is 3.53. The second kappa shape index (κ2) is 7.22. The molecule has 0 atom stereocenters. The molecule has 0 spiro atoms. The number of ether oxygens (including phenoxy) is 2. The molecule has 0 saturated heterocycles. The van der Waals surface area contributed by atoms with E-state index in [4.69, 9.17) is 9.47 Å². The van der Waals surface area contributed by atoms with Gasteiger partial charge in [0, 0.05) is 18.3 Å². The molecule has 156 valence electrons. The minimum absolute atomic E-state index is 0.103. The number of anilines is 1. The zero-order valence-corrected chi connectivity index (χ0v) is 17.1. The molecule has 0 unspecified atom stereocenters. The lowest BCUT2D eigenvalue weighted by Crippen LogP contribution is -2.55. The number of benzene rings is 1. The van der Waals surface area contributed by atoms with E-state index in [1.165, 1.54) is 19.3 Å². The minimum atomic E-state index is -0.206. The Balaban J connectivity index is 1.25. The Kier molecular flexibility index (Phi) is 4.67. The number of rotatable bonds is 5. The summed E-state index contributed by atoms with van der Waals surface area (Å²) in [6.07, 6.45) is 7.00. The third-order valence-electron chi connectivity index (χ3n) is 7.32. The van der Waals surface area contributed by atoms with Gasteiger partial charge in [0.05, 0.1) is 12.0 Å². The number of nitrogens with one attached hydrogen (secondary N) is 1. The number of fused-ring (bicyclic) bond motifs is 1. The molecule has 29 heavy (non-hydrogen) atoms. The molecule has 5 aliphatic rings. The predicted octanol–water partition coefficient (Wildman–Crippen LogP) is 3.46. The van der Waals surface area contributed by atoms with Gasteiger partial charge in [0.2, 0.25) is 11.8 Å². The highest BCUT2D eigenvalue weighted by atomic mass is 16.6. The van der Waals surface area contributed by atoms with Crippen LogP contribution in [0.2, 0.25) is 0 Å². The van der Waals surface area contributed by atoms with E-state index in [1.807, 2.05) is 19.1 Å². The average molecular weight is 399 g/mol. The summed E-state index contributed by atoms with van der Waals surface area (Å²) >= 11 is 0. The largest absolute Gasteiger partial charge is 0.486 e. The standard InChI is InChI=1S/C23H30N2O4/c1-2-25(22(27)23-11-15-7-16(12-23)9-17(8-15)13-23)14-21(26)24-18-3-4-19-20(10-18)29-6-5-28-19/h3-4,10,15-17H,2,5-9,11-14H2,1H3,(H,24,26). The van der Waals surface area contributed by atoms with E-state index >= 15 is 0 Å². The van der Waals surface area contributed by atoms with Gasteiger partial charge in [-0.05, 0) is 75.3 Å². The third kappa shape index (κ3) is 3.47. The van der Waals surface area contributed by atoms with Crippen LogP contribution in [0.4, 0.5) is 5.69 Å². The van der Waals surface area contributed by atoms with E-state index < -0.39 is 0 Å². The van der Waals surface area contributed by atoms with E-state index in [0.29, 0.717) is 36.9 Å². The van der Waals surface area contributed by atoms with Gasteiger partial charge in [0.25, 0.3) is 0 Å². The Morgan fingerprint density at radius 1 is 1.03 bits per heavy atom. The first-order chi connectivity index (χ1) is 14.0. The summed E-state index contributed by atoms with van der Waals surface area (Å²) in [7, 11) is 0. The van der Waals surface area contributed by atoms with Crippen LogP contribution in [0.3, 0.4) is 0 Å². The monoisotopic (exact) mass is 398 g/mol. The Morgan fingerprint density at radius 3 is 2.28 bits per heavy atom. The summed E-state index contributed by atoms with van der Waals surface area (Å²) in [5, 5.41) is 2.92. The molecule has 4 saturated carbocycles. The second-order valence-corrected chi connectivity index (χ2v) is 9.42. The second-order valence-electron chi connectivity index (χ2n) is 9.42. The lowest BCUT2D eigenvalue weighted by atomic mass is 9.49. The van der Waals surface area contributed by atoms with Crippen LogP contribution < -0.4 is 14.8 Å². The van der Waals surface area contributed by atoms with Crippen molar-refractivity contribution in [3.63, 3.8) is 0 Å². The first-order valence-corrected chi connectivity index (χ1v) is 11.0. The molecule has 1 aromatic rings. The highest BCUT2D eigenvalue weighted by Gasteiger charge is 2.55. The van der Waals surface area contributed by atoms with Gasteiger partial charge in [-0.3, -0.25) is 9.59 Å². The van der Waals surface area contributed by atoms with E-state index in [2.05, 4.69) is 5.32 Å².